The molecule has 0 bridgehead atoms. The summed E-state index contributed by atoms with van der Waals surface area (Å²) in [6, 6.07) is 2.48. The number of hydrogen-bond acceptors (Lipinski definition) is 5. The summed E-state index contributed by atoms with van der Waals surface area (Å²) >= 11 is 3.22. The predicted molar refractivity (Wildman–Crippen MR) is 122 cm³/mol. The molecule has 2 unspecified atom stereocenters. The zero-order chi connectivity index (χ0) is 21.2. The second-order valence-corrected chi connectivity index (χ2v) is 11.4. The number of amides is 1. The summed E-state index contributed by atoms with van der Waals surface area (Å²) in [5.41, 5.74) is 1.32. The number of carbonyl (C=O) groups is 1. The minimum absolute atomic E-state index is 0.0957. The molecule has 2 aromatic heterocycles. The Morgan fingerprint density at radius 2 is 2.03 bits per heavy atom. The van der Waals surface area contributed by atoms with Gasteiger partial charge >= 0.3 is 0 Å². The first-order valence-corrected chi connectivity index (χ1v) is 12.4. The van der Waals surface area contributed by atoms with Gasteiger partial charge in [0.2, 0.25) is 5.91 Å². The van der Waals surface area contributed by atoms with E-state index in [9.17, 15) is 4.79 Å². The third-order valence-electron chi connectivity index (χ3n) is 5.84. The van der Waals surface area contributed by atoms with Crippen LogP contribution in [-0.4, -0.2) is 32.5 Å². The van der Waals surface area contributed by atoms with E-state index in [1.54, 1.807) is 11.3 Å². The van der Waals surface area contributed by atoms with Gasteiger partial charge in [0.15, 0.2) is 11.0 Å². The number of nitrogens with zero attached hydrogens (tertiary/aromatic N) is 3. The summed E-state index contributed by atoms with van der Waals surface area (Å²) in [5.74, 6) is 2.38. The van der Waals surface area contributed by atoms with E-state index in [4.69, 9.17) is 0 Å². The third-order valence-corrected chi connectivity index (χ3v) is 8.09. The summed E-state index contributed by atoms with van der Waals surface area (Å²) in [6.07, 6.45) is 4.76. The highest BCUT2D eigenvalue weighted by molar-refractivity contribution is 7.99. The molecule has 1 amide bonds. The molecule has 0 spiro atoms. The van der Waals surface area contributed by atoms with Crippen LogP contribution in [0.25, 0.3) is 11.4 Å². The first-order chi connectivity index (χ1) is 13.7. The summed E-state index contributed by atoms with van der Waals surface area (Å²) in [5, 5.41) is 14.9. The highest BCUT2D eigenvalue weighted by Crippen LogP contribution is 2.38. The zero-order valence-corrected chi connectivity index (χ0v) is 20.1. The van der Waals surface area contributed by atoms with Crippen LogP contribution in [0, 0.1) is 11.3 Å². The second kappa shape index (κ2) is 9.21. The van der Waals surface area contributed by atoms with E-state index in [0.29, 0.717) is 17.6 Å². The third kappa shape index (κ3) is 5.43. The van der Waals surface area contributed by atoms with Crippen LogP contribution in [0.4, 0.5) is 0 Å². The first kappa shape index (κ1) is 22.3. The molecule has 1 aliphatic rings. The van der Waals surface area contributed by atoms with Crippen molar-refractivity contribution >= 4 is 29.0 Å². The van der Waals surface area contributed by atoms with Crippen molar-refractivity contribution in [2.45, 2.75) is 77.4 Å². The summed E-state index contributed by atoms with van der Waals surface area (Å²) < 4.78 is 1.99. The van der Waals surface area contributed by atoms with Gasteiger partial charge in [-0.25, -0.2) is 0 Å². The smallest absolute Gasteiger partial charge is 0.230 e. The fourth-order valence-electron chi connectivity index (χ4n) is 4.18. The molecule has 1 aliphatic carbocycles. The molecule has 3 rings (SSSR count). The van der Waals surface area contributed by atoms with Crippen molar-refractivity contribution < 1.29 is 4.79 Å². The SMILES string of the molecule is CC(C)c1cc(-c2nnc(SCC(=O)NC3CCCCC3C(C)(C)C)n2C)cs1. The average molecular weight is 435 g/mol. The van der Waals surface area contributed by atoms with Crippen LogP contribution in [0.3, 0.4) is 0 Å². The molecule has 0 radical (unpaired) electrons. The molecule has 29 heavy (non-hydrogen) atoms. The average Bonchev–Trinajstić information content (AvgIpc) is 3.26. The lowest BCUT2D eigenvalue weighted by Gasteiger charge is -2.40. The molecule has 1 N–H and O–H groups in total. The number of rotatable bonds is 6. The Morgan fingerprint density at radius 3 is 2.69 bits per heavy atom. The highest BCUT2D eigenvalue weighted by Gasteiger charge is 2.34. The van der Waals surface area contributed by atoms with Crippen LogP contribution >= 0.6 is 23.1 Å². The van der Waals surface area contributed by atoms with Gasteiger partial charge in [-0.15, -0.1) is 21.5 Å². The Hall–Kier alpha value is -1.34. The highest BCUT2D eigenvalue weighted by atomic mass is 32.2. The van der Waals surface area contributed by atoms with E-state index in [0.717, 1.165) is 23.0 Å². The predicted octanol–water partition coefficient (Wildman–Crippen LogP) is 5.48. The van der Waals surface area contributed by atoms with E-state index in [2.05, 4.69) is 61.6 Å². The van der Waals surface area contributed by atoms with Gasteiger partial charge in [-0.05, 0) is 36.2 Å². The fourth-order valence-corrected chi connectivity index (χ4v) is 5.81. The molecule has 0 saturated heterocycles. The number of thioether (sulfide) groups is 1. The summed E-state index contributed by atoms with van der Waals surface area (Å²) in [4.78, 5) is 14.0. The molecule has 2 atom stereocenters. The molecule has 1 saturated carbocycles. The molecule has 1 fully saturated rings. The Morgan fingerprint density at radius 1 is 1.31 bits per heavy atom. The standard InChI is InChI=1S/C22H34N4OS2/c1-14(2)18-11-15(12-28-18)20-24-25-21(26(20)6)29-13-19(27)23-17-10-8-7-9-16(17)22(3,4)5/h11-12,14,16-17H,7-10,13H2,1-6H3,(H,23,27). The Balaban J connectivity index is 1.60. The van der Waals surface area contributed by atoms with Gasteiger partial charge in [0, 0.05) is 28.9 Å². The van der Waals surface area contributed by atoms with E-state index >= 15 is 0 Å². The van der Waals surface area contributed by atoms with Crippen molar-refractivity contribution in [2.75, 3.05) is 5.75 Å². The topological polar surface area (TPSA) is 59.8 Å². The van der Waals surface area contributed by atoms with Crippen LogP contribution in [0.5, 0.6) is 0 Å². The van der Waals surface area contributed by atoms with E-state index in [-0.39, 0.29) is 17.4 Å². The lowest BCUT2D eigenvalue weighted by molar-refractivity contribution is -0.120. The summed E-state index contributed by atoms with van der Waals surface area (Å²) in [6.45, 7) is 11.2. The summed E-state index contributed by atoms with van der Waals surface area (Å²) in [7, 11) is 1.97. The molecular weight excluding hydrogens is 400 g/mol. The number of hydrogen-bond donors (Lipinski definition) is 1. The second-order valence-electron chi connectivity index (χ2n) is 9.48. The minimum atomic E-state index is 0.0957. The van der Waals surface area contributed by atoms with E-state index in [1.807, 2.05) is 11.6 Å². The molecule has 2 heterocycles. The Kier molecular flexibility index (Phi) is 7.10. The van der Waals surface area contributed by atoms with Crippen molar-refractivity contribution in [1.29, 1.82) is 0 Å². The number of nitrogens with one attached hydrogen (secondary N) is 1. The van der Waals surface area contributed by atoms with Crippen molar-refractivity contribution in [3.05, 3.63) is 16.3 Å². The van der Waals surface area contributed by atoms with Crippen LogP contribution in [0.1, 0.15) is 71.1 Å². The van der Waals surface area contributed by atoms with Gasteiger partial charge in [0.25, 0.3) is 0 Å². The van der Waals surface area contributed by atoms with Crippen molar-refractivity contribution in [3.8, 4) is 11.4 Å². The molecule has 0 aliphatic heterocycles. The van der Waals surface area contributed by atoms with Crippen LogP contribution < -0.4 is 5.32 Å². The normalized spacial score (nSPS) is 20.2. The van der Waals surface area contributed by atoms with Crippen molar-refractivity contribution in [2.24, 2.45) is 18.4 Å². The van der Waals surface area contributed by atoms with Gasteiger partial charge in [0.1, 0.15) is 0 Å². The number of thiophene rings is 1. The number of carbonyl (C=O) groups excluding carboxylic acids is 1. The van der Waals surface area contributed by atoms with Crippen LogP contribution in [0.2, 0.25) is 0 Å². The van der Waals surface area contributed by atoms with Gasteiger partial charge in [0.05, 0.1) is 5.75 Å². The maximum absolute atomic E-state index is 12.6. The van der Waals surface area contributed by atoms with Crippen LogP contribution in [-0.2, 0) is 11.8 Å². The molecular formula is C22H34N4OS2. The maximum atomic E-state index is 12.6. The first-order valence-electron chi connectivity index (χ1n) is 10.6. The maximum Gasteiger partial charge on any atom is 0.230 e. The van der Waals surface area contributed by atoms with Gasteiger partial charge in [-0.2, -0.15) is 0 Å². The fraction of sp³-hybridized carbons (Fsp3) is 0.682. The van der Waals surface area contributed by atoms with Gasteiger partial charge < -0.3 is 9.88 Å². The number of aromatic nitrogens is 3. The molecule has 7 heteroatoms. The Labute approximate surface area is 183 Å². The zero-order valence-electron chi connectivity index (χ0n) is 18.5. The Bertz CT molecular complexity index is 834. The monoisotopic (exact) mass is 434 g/mol. The minimum Gasteiger partial charge on any atom is -0.352 e. The lowest BCUT2D eigenvalue weighted by atomic mass is 9.69. The van der Waals surface area contributed by atoms with E-state index in [1.165, 1.54) is 35.9 Å². The van der Waals surface area contributed by atoms with Gasteiger partial charge in [-0.1, -0.05) is 59.2 Å². The quantitative estimate of drug-likeness (QED) is 0.612. The lowest BCUT2D eigenvalue weighted by Crippen LogP contribution is -2.47. The molecule has 5 nitrogen and oxygen atoms in total. The molecule has 160 valence electrons. The molecule has 0 aromatic carbocycles. The van der Waals surface area contributed by atoms with Crippen LogP contribution in [0.15, 0.2) is 16.6 Å². The van der Waals surface area contributed by atoms with E-state index < -0.39 is 0 Å². The molecule has 2 aromatic rings. The van der Waals surface area contributed by atoms with Gasteiger partial charge in [-0.3, -0.25) is 4.79 Å². The van der Waals surface area contributed by atoms with Crippen molar-refractivity contribution in [3.63, 3.8) is 0 Å². The van der Waals surface area contributed by atoms with Crippen molar-refractivity contribution in [1.82, 2.24) is 20.1 Å². The largest absolute Gasteiger partial charge is 0.352 e.